The Morgan fingerprint density at radius 3 is 2.39 bits per heavy atom. The fourth-order valence-electron chi connectivity index (χ4n) is 2.41. The van der Waals surface area contributed by atoms with Gasteiger partial charge in [-0.05, 0) is 30.7 Å². The van der Waals surface area contributed by atoms with Crippen LogP contribution in [0.5, 0.6) is 0 Å². The molecule has 0 unspecified atom stereocenters. The number of aliphatic hydroxyl groups is 2. The predicted octanol–water partition coefficient (Wildman–Crippen LogP) is 0.683. The second-order valence-electron chi connectivity index (χ2n) is 4.73. The van der Waals surface area contributed by atoms with E-state index in [-0.39, 0.29) is 13.2 Å². The van der Waals surface area contributed by atoms with Gasteiger partial charge in [0.05, 0.1) is 13.2 Å². The fraction of sp³-hybridized carbons (Fsp3) is 0.571. The summed E-state index contributed by atoms with van der Waals surface area (Å²) in [6.07, 6.45) is 1.13. The van der Waals surface area contributed by atoms with E-state index in [1.807, 2.05) is 12.1 Å². The molecular formula is C14H22N2O2. The van der Waals surface area contributed by atoms with E-state index in [1.54, 1.807) is 0 Å². The molecule has 0 aliphatic carbocycles. The lowest BCUT2D eigenvalue weighted by Gasteiger charge is -2.23. The highest BCUT2D eigenvalue weighted by Gasteiger charge is 2.14. The van der Waals surface area contributed by atoms with Crippen molar-refractivity contribution < 1.29 is 10.2 Å². The molecule has 4 heteroatoms. The van der Waals surface area contributed by atoms with Crippen LogP contribution in [0.15, 0.2) is 24.3 Å². The molecule has 18 heavy (non-hydrogen) atoms. The van der Waals surface area contributed by atoms with Crippen molar-refractivity contribution in [1.82, 2.24) is 4.90 Å². The van der Waals surface area contributed by atoms with Gasteiger partial charge in [0.2, 0.25) is 0 Å². The Hall–Kier alpha value is -1.10. The predicted molar refractivity (Wildman–Crippen MR) is 72.7 cm³/mol. The number of aliphatic hydroxyl groups excluding tert-OH is 2. The zero-order valence-electron chi connectivity index (χ0n) is 10.8. The normalized spacial score (nSPS) is 17.8. The number of anilines is 1. The van der Waals surface area contributed by atoms with Crippen LogP contribution in [0.3, 0.4) is 0 Å². The average molecular weight is 250 g/mol. The Balaban J connectivity index is 1.96. The van der Waals surface area contributed by atoms with E-state index in [0.717, 1.165) is 44.7 Å². The first-order valence-corrected chi connectivity index (χ1v) is 6.61. The summed E-state index contributed by atoms with van der Waals surface area (Å²) in [7, 11) is 0. The molecule has 1 aliphatic rings. The van der Waals surface area contributed by atoms with Gasteiger partial charge in [-0.3, -0.25) is 4.90 Å². The summed E-state index contributed by atoms with van der Waals surface area (Å²) < 4.78 is 0. The van der Waals surface area contributed by atoms with Gasteiger partial charge in [-0.25, -0.2) is 0 Å². The minimum atomic E-state index is 0.102. The third kappa shape index (κ3) is 3.45. The minimum absolute atomic E-state index is 0.102. The Morgan fingerprint density at radius 2 is 1.72 bits per heavy atom. The molecule has 0 amide bonds. The van der Waals surface area contributed by atoms with Crippen molar-refractivity contribution in [3.8, 4) is 0 Å². The molecule has 0 saturated carbocycles. The SMILES string of the molecule is OCCN1CCCN(c2ccc(CO)cc2)CC1. The van der Waals surface area contributed by atoms with Crippen LogP contribution < -0.4 is 4.90 Å². The molecule has 1 aliphatic heterocycles. The van der Waals surface area contributed by atoms with Gasteiger partial charge in [-0.2, -0.15) is 0 Å². The highest BCUT2D eigenvalue weighted by molar-refractivity contribution is 5.47. The summed E-state index contributed by atoms with van der Waals surface area (Å²) in [5, 5.41) is 18.0. The first-order valence-electron chi connectivity index (χ1n) is 6.61. The van der Waals surface area contributed by atoms with Crippen molar-refractivity contribution in [2.24, 2.45) is 0 Å². The van der Waals surface area contributed by atoms with Gasteiger partial charge in [0.1, 0.15) is 0 Å². The average Bonchev–Trinajstić information content (AvgIpc) is 2.65. The van der Waals surface area contributed by atoms with Crippen molar-refractivity contribution in [2.75, 3.05) is 44.2 Å². The lowest BCUT2D eigenvalue weighted by molar-refractivity contribution is 0.204. The standard InChI is InChI=1S/C14H22N2O2/c17-11-10-15-6-1-7-16(9-8-15)14-4-2-13(12-18)3-5-14/h2-5,17-18H,1,6-12H2. The zero-order valence-corrected chi connectivity index (χ0v) is 10.8. The molecule has 1 heterocycles. The Labute approximate surface area is 108 Å². The molecule has 0 aromatic heterocycles. The number of nitrogens with zero attached hydrogens (tertiary/aromatic N) is 2. The number of β-amino-alcohol motifs (C(OH)–C–C–N with tert-alkyl or cyclic N) is 1. The van der Waals surface area contributed by atoms with E-state index in [1.165, 1.54) is 5.69 Å². The first kappa shape index (κ1) is 13.3. The van der Waals surface area contributed by atoms with Gasteiger partial charge in [-0.1, -0.05) is 12.1 Å². The van der Waals surface area contributed by atoms with Gasteiger partial charge in [-0.15, -0.1) is 0 Å². The highest BCUT2D eigenvalue weighted by Crippen LogP contribution is 2.17. The van der Waals surface area contributed by atoms with Crippen molar-refractivity contribution in [2.45, 2.75) is 13.0 Å². The van der Waals surface area contributed by atoms with E-state index in [0.29, 0.717) is 0 Å². The fourth-order valence-corrected chi connectivity index (χ4v) is 2.41. The molecule has 1 aromatic rings. The minimum Gasteiger partial charge on any atom is -0.395 e. The summed E-state index contributed by atoms with van der Waals surface area (Å²) in [6.45, 7) is 5.24. The van der Waals surface area contributed by atoms with Gasteiger partial charge >= 0.3 is 0 Å². The molecular weight excluding hydrogens is 228 g/mol. The van der Waals surface area contributed by atoms with E-state index < -0.39 is 0 Å². The van der Waals surface area contributed by atoms with E-state index >= 15 is 0 Å². The molecule has 100 valence electrons. The Bertz CT molecular complexity index is 353. The van der Waals surface area contributed by atoms with Crippen molar-refractivity contribution in [3.05, 3.63) is 29.8 Å². The van der Waals surface area contributed by atoms with Crippen LogP contribution in [-0.4, -0.2) is 54.4 Å². The molecule has 0 bridgehead atoms. The largest absolute Gasteiger partial charge is 0.395 e. The molecule has 4 nitrogen and oxygen atoms in total. The number of hydrogen-bond acceptors (Lipinski definition) is 4. The van der Waals surface area contributed by atoms with Crippen LogP contribution in [0, 0.1) is 0 Å². The monoisotopic (exact) mass is 250 g/mol. The number of hydrogen-bond donors (Lipinski definition) is 2. The molecule has 0 radical (unpaired) electrons. The first-order chi connectivity index (χ1) is 8.83. The Morgan fingerprint density at radius 1 is 0.944 bits per heavy atom. The maximum absolute atomic E-state index is 9.03. The second kappa shape index (κ2) is 6.73. The topological polar surface area (TPSA) is 46.9 Å². The molecule has 0 atom stereocenters. The third-order valence-corrected chi connectivity index (χ3v) is 3.49. The summed E-state index contributed by atoms with van der Waals surface area (Å²) in [4.78, 5) is 4.68. The molecule has 0 spiro atoms. The van der Waals surface area contributed by atoms with Crippen LogP contribution in [0.25, 0.3) is 0 Å². The lowest BCUT2D eigenvalue weighted by Crippen LogP contribution is -2.32. The zero-order chi connectivity index (χ0) is 12.8. The van der Waals surface area contributed by atoms with Crippen molar-refractivity contribution in [1.29, 1.82) is 0 Å². The lowest BCUT2D eigenvalue weighted by atomic mass is 10.2. The maximum atomic E-state index is 9.03. The summed E-state index contributed by atoms with van der Waals surface area (Å²) in [6, 6.07) is 8.11. The molecule has 1 saturated heterocycles. The van der Waals surface area contributed by atoms with Gasteiger partial charge < -0.3 is 15.1 Å². The highest BCUT2D eigenvalue weighted by atomic mass is 16.3. The van der Waals surface area contributed by atoms with Crippen molar-refractivity contribution >= 4 is 5.69 Å². The summed E-state index contributed by atoms with van der Waals surface area (Å²) in [5.74, 6) is 0. The second-order valence-corrected chi connectivity index (χ2v) is 4.73. The summed E-state index contributed by atoms with van der Waals surface area (Å²) in [5.41, 5.74) is 2.17. The molecule has 1 fully saturated rings. The van der Waals surface area contributed by atoms with Crippen LogP contribution in [-0.2, 0) is 6.61 Å². The van der Waals surface area contributed by atoms with Crippen molar-refractivity contribution in [3.63, 3.8) is 0 Å². The van der Waals surface area contributed by atoms with Gasteiger partial charge in [0, 0.05) is 31.9 Å². The van der Waals surface area contributed by atoms with Crippen LogP contribution in [0.4, 0.5) is 5.69 Å². The van der Waals surface area contributed by atoms with E-state index in [2.05, 4.69) is 21.9 Å². The molecule has 2 rings (SSSR count). The van der Waals surface area contributed by atoms with E-state index in [4.69, 9.17) is 10.2 Å². The van der Waals surface area contributed by atoms with Crippen LogP contribution >= 0.6 is 0 Å². The van der Waals surface area contributed by atoms with Gasteiger partial charge in [0.25, 0.3) is 0 Å². The smallest absolute Gasteiger partial charge is 0.0681 e. The van der Waals surface area contributed by atoms with Gasteiger partial charge in [0.15, 0.2) is 0 Å². The third-order valence-electron chi connectivity index (χ3n) is 3.49. The Kier molecular flexibility index (Phi) is 4.99. The number of rotatable bonds is 4. The quantitative estimate of drug-likeness (QED) is 0.825. The van der Waals surface area contributed by atoms with E-state index in [9.17, 15) is 0 Å². The maximum Gasteiger partial charge on any atom is 0.0681 e. The van der Waals surface area contributed by atoms with Crippen LogP contribution in [0.1, 0.15) is 12.0 Å². The number of benzene rings is 1. The summed E-state index contributed by atoms with van der Waals surface area (Å²) >= 11 is 0. The molecule has 1 aromatic carbocycles. The molecule has 2 N–H and O–H groups in total. The van der Waals surface area contributed by atoms with Crippen LogP contribution in [0.2, 0.25) is 0 Å².